The summed E-state index contributed by atoms with van der Waals surface area (Å²) in [6.45, 7) is 7.70. The molecule has 0 aliphatic rings. The van der Waals surface area contributed by atoms with Crippen molar-refractivity contribution < 1.29 is 13.9 Å². The minimum atomic E-state index is -0.320. The second-order valence-electron chi connectivity index (χ2n) is 5.88. The second kappa shape index (κ2) is 5.67. The summed E-state index contributed by atoms with van der Waals surface area (Å²) >= 11 is 0. The first kappa shape index (κ1) is 14.6. The number of ether oxygens (including phenoxy) is 1. The molecular weight excluding hydrogens is 254 g/mol. The van der Waals surface area contributed by atoms with E-state index in [4.69, 9.17) is 9.15 Å². The molecule has 1 heterocycles. The number of fused-ring (bicyclic) bond motifs is 1. The van der Waals surface area contributed by atoms with Gasteiger partial charge < -0.3 is 14.5 Å². The number of hydrogen-bond donors (Lipinski definition) is 1. The van der Waals surface area contributed by atoms with Crippen molar-refractivity contribution in [1.29, 1.82) is 0 Å². The van der Waals surface area contributed by atoms with Crippen LogP contribution in [0.2, 0.25) is 0 Å². The number of amides is 1. The first-order valence-electron chi connectivity index (χ1n) is 6.77. The van der Waals surface area contributed by atoms with Gasteiger partial charge in [0, 0.05) is 5.39 Å². The summed E-state index contributed by atoms with van der Waals surface area (Å²) in [6, 6.07) is 9.55. The Morgan fingerprint density at radius 1 is 1.35 bits per heavy atom. The topological polar surface area (TPSA) is 51.5 Å². The van der Waals surface area contributed by atoms with Crippen LogP contribution in [0.1, 0.15) is 39.5 Å². The summed E-state index contributed by atoms with van der Waals surface area (Å²) in [5.74, 6) is 0.600. The summed E-state index contributed by atoms with van der Waals surface area (Å²) in [6.07, 6.45) is 0. The fourth-order valence-electron chi connectivity index (χ4n) is 1.85. The number of benzene rings is 1. The third kappa shape index (κ3) is 3.84. The van der Waals surface area contributed by atoms with E-state index in [0.717, 1.165) is 16.7 Å². The number of carbonyl (C=O) groups excluding carboxylic acids is 1. The van der Waals surface area contributed by atoms with Gasteiger partial charge in [-0.1, -0.05) is 18.2 Å². The lowest BCUT2D eigenvalue weighted by molar-refractivity contribution is -0.131. The average molecular weight is 275 g/mol. The van der Waals surface area contributed by atoms with E-state index in [1.54, 1.807) is 0 Å². The molecule has 0 saturated heterocycles. The van der Waals surface area contributed by atoms with E-state index < -0.39 is 0 Å². The van der Waals surface area contributed by atoms with Crippen molar-refractivity contribution in [2.45, 2.75) is 39.3 Å². The van der Waals surface area contributed by atoms with Crippen LogP contribution in [-0.4, -0.2) is 18.1 Å². The smallest absolute Gasteiger partial charge is 0.246 e. The zero-order valence-corrected chi connectivity index (χ0v) is 12.4. The van der Waals surface area contributed by atoms with E-state index in [1.165, 1.54) is 0 Å². The van der Waals surface area contributed by atoms with Crippen LogP contribution in [0.5, 0.6) is 0 Å². The molecule has 4 nitrogen and oxygen atoms in total. The van der Waals surface area contributed by atoms with Gasteiger partial charge in [0.15, 0.2) is 0 Å². The minimum Gasteiger partial charge on any atom is -0.459 e. The predicted octanol–water partition coefficient (Wildman–Crippen LogP) is 3.43. The molecule has 0 fully saturated rings. The van der Waals surface area contributed by atoms with Gasteiger partial charge in [-0.15, -0.1) is 0 Å². The highest BCUT2D eigenvalue weighted by molar-refractivity contribution is 5.79. The van der Waals surface area contributed by atoms with Gasteiger partial charge in [-0.25, -0.2) is 0 Å². The molecule has 0 aliphatic heterocycles. The van der Waals surface area contributed by atoms with E-state index >= 15 is 0 Å². The van der Waals surface area contributed by atoms with Gasteiger partial charge in [0.1, 0.15) is 18.0 Å². The highest BCUT2D eigenvalue weighted by atomic mass is 16.5. The third-order valence-corrected chi connectivity index (χ3v) is 2.89. The van der Waals surface area contributed by atoms with Gasteiger partial charge in [0.2, 0.25) is 5.91 Å². The lowest BCUT2D eigenvalue weighted by Crippen LogP contribution is -2.33. The van der Waals surface area contributed by atoms with Crippen molar-refractivity contribution in [2.24, 2.45) is 0 Å². The Hall–Kier alpha value is -1.81. The number of hydrogen-bond acceptors (Lipinski definition) is 3. The summed E-state index contributed by atoms with van der Waals surface area (Å²) in [4.78, 5) is 11.8. The normalized spacial score (nSPS) is 13.4. The van der Waals surface area contributed by atoms with Crippen molar-refractivity contribution in [3.8, 4) is 0 Å². The zero-order chi connectivity index (χ0) is 14.8. The standard InChI is InChI=1S/C16H21NO3/c1-11(17-15(18)10-19-16(2,3)4)14-9-12-7-5-6-8-13(12)20-14/h5-9,11H,10H2,1-4H3,(H,17,18). The maximum Gasteiger partial charge on any atom is 0.246 e. The molecule has 108 valence electrons. The van der Waals surface area contributed by atoms with Crippen molar-refractivity contribution in [3.05, 3.63) is 36.1 Å². The summed E-state index contributed by atoms with van der Waals surface area (Å²) in [5.41, 5.74) is 0.509. The molecule has 1 aromatic heterocycles. The Morgan fingerprint density at radius 3 is 2.70 bits per heavy atom. The van der Waals surface area contributed by atoms with E-state index in [1.807, 2.05) is 58.0 Å². The van der Waals surface area contributed by atoms with E-state index in [2.05, 4.69) is 5.32 Å². The molecule has 2 rings (SSSR count). The first-order valence-corrected chi connectivity index (χ1v) is 6.77. The Labute approximate surface area is 119 Å². The maximum absolute atomic E-state index is 11.8. The average Bonchev–Trinajstić information content (AvgIpc) is 2.79. The molecule has 1 unspecified atom stereocenters. The molecule has 20 heavy (non-hydrogen) atoms. The number of furan rings is 1. The van der Waals surface area contributed by atoms with Crippen molar-refractivity contribution >= 4 is 16.9 Å². The van der Waals surface area contributed by atoms with Gasteiger partial charge in [-0.05, 0) is 39.8 Å². The molecule has 1 N–H and O–H groups in total. The lowest BCUT2D eigenvalue weighted by Gasteiger charge is -2.20. The number of carbonyl (C=O) groups is 1. The quantitative estimate of drug-likeness (QED) is 0.930. The van der Waals surface area contributed by atoms with E-state index in [-0.39, 0.29) is 24.2 Å². The van der Waals surface area contributed by atoms with Crippen LogP contribution in [0.15, 0.2) is 34.7 Å². The zero-order valence-electron chi connectivity index (χ0n) is 12.4. The van der Waals surface area contributed by atoms with Gasteiger partial charge in [0.25, 0.3) is 0 Å². The lowest BCUT2D eigenvalue weighted by atomic mass is 10.2. The Balaban J connectivity index is 1.97. The largest absolute Gasteiger partial charge is 0.459 e. The third-order valence-electron chi connectivity index (χ3n) is 2.89. The van der Waals surface area contributed by atoms with E-state index in [9.17, 15) is 4.79 Å². The van der Waals surface area contributed by atoms with Crippen molar-refractivity contribution in [1.82, 2.24) is 5.32 Å². The molecule has 4 heteroatoms. The van der Waals surface area contributed by atoms with Crippen LogP contribution in [0.3, 0.4) is 0 Å². The van der Waals surface area contributed by atoms with Crippen LogP contribution < -0.4 is 5.32 Å². The molecule has 0 bridgehead atoms. The summed E-state index contributed by atoms with van der Waals surface area (Å²) in [5, 5.41) is 3.91. The molecule has 1 amide bonds. The predicted molar refractivity (Wildman–Crippen MR) is 78.5 cm³/mol. The fraction of sp³-hybridized carbons (Fsp3) is 0.438. The van der Waals surface area contributed by atoms with Gasteiger partial charge >= 0.3 is 0 Å². The van der Waals surface area contributed by atoms with Crippen LogP contribution in [0, 0.1) is 0 Å². The summed E-state index contributed by atoms with van der Waals surface area (Å²) < 4.78 is 11.2. The van der Waals surface area contributed by atoms with Crippen LogP contribution in [0.25, 0.3) is 11.0 Å². The van der Waals surface area contributed by atoms with Gasteiger partial charge in [-0.2, -0.15) is 0 Å². The van der Waals surface area contributed by atoms with Gasteiger partial charge in [-0.3, -0.25) is 4.79 Å². The highest BCUT2D eigenvalue weighted by Gasteiger charge is 2.17. The monoisotopic (exact) mass is 275 g/mol. The minimum absolute atomic E-state index is 0.0497. The molecule has 1 atom stereocenters. The number of nitrogens with one attached hydrogen (secondary N) is 1. The molecule has 0 aliphatic carbocycles. The molecule has 0 spiro atoms. The Morgan fingerprint density at radius 2 is 2.05 bits per heavy atom. The highest BCUT2D eigenvalue weighted by Crippen LogP contribution is 2.23. The van der Waals surface area contributed by atoms with Crippen LogP contribution >= 0.6 is 0 Å². The molecule has 1 aromatic carbocycles. The molecule has 0 saturated carbocycles. The van der Waals surface area contributed by atoms with Crippen molar-refractivity contribution in [2.75, 3.05) is 6.61 Å². The molecule has 2 aromatic rings. The van der Waals surface area contributed by atoms with E-state index in [0.29, 0.717) is 0 Å². The Kier molecular flexibility index (Phi) is 4.14. The Bertz CT molecular complexity index is 562. The summed E-state index contributed by atoms with van der Waals surface area (Å²) in [7, 11) is 0. The second-order valence-corrected chi connectivity index (χ2v) is 5.88. The maximum atomic E-state index is 11.8. The van der Waals surface area contributed by atoms with Crippen molar-refractivity contribution in [3.63, 3.8) is 0 Å². The SMILES string of the molecule is CC(NC(=O)COC(C)(C)C)c1cc2ccccc2o1. The molecular formula is C16H21NO3. The van der Waals surface area contributed by atoms with Crippen LogP contribution in [0.4, 0.5) is 0 Å². The first-order chi connectivity index (χ1) is 9.35. The number of para-hydroxylation sites is 1. The molecule has 0 radical (unpaired) electrons. The van der Waals surface area contributed by atoms with Gasteiger partial charge in [0.05, 0.1) is 11.6 Å². The number of rotatable bonds is 4. The fourth-order valence-corrected chi connectivity index (χ4v) is 1.85. The van der Waals surface area contributed by atoms with Crippen LogP contribution in [-0.2, 0) is 9.53 Å².